The molecule has 20 heavy (non-hydrogen) atoms. The highest BCUT2D eigenvalue weighted by Crippen LogP contribution is 2.27. The number of hydrogen-bond donors (Lipinski definition) is 2. The predicted octanol–water partition coefficient (Wildman–Crippen LogP) is 3.39. The highest BCUT2D eigenvalue weighted by Gasteiger charge is 2.09. The quantitative estimate of drug-likeness (QED) is 0.430. The van der Waals surface area contributed by atoms with E-state index in [2.05, 4.69) is 24.0 Å². The molecule has 0 bridgehead atoms. The van der Waals surface area contributed by atoms with Gasteiger partial charge in [-0.2, -0.15) is 0 Å². The molecule has 3 aromatic rings. The van der Waals surface area contributed by atoms with Crippen LogP contribution in [0.4, 0.5) is 5.69 Å². The molecular formula is C16H11NO2S. The van der Waals surface area contributed by atoms with Crippen LogP contribution in [-0.4, -0.2) is 11.0 Å². The van der Waals surface area contributed by atoms with Crippen molar-refractivity contribution in [2.24, 2.45) is 0 Å². The first-order valence-corrected chi connectivity index (χ1v) is 6.56. The molecule has 0 aromatic heterocycles. The number of thiol groups is 1. The molecule has 1 N–H and O–H groups in total. The summed E-state index contributed by atoms with van der Waals surface area (Å²) >= 11 is 3.50. The highest BCUT2D eigenvalue weighted by atomic mass is 32.1. The van der Waals surface area contributed by atoms with Gasteiger partial charge >= 0.3 is 5.91 Å². The van der Waals surface area contributed by atoms with Crippen LogP contribution in [0.3, 0.4) is 0 Å². The van der Waals surface area contributed by atoms with Crippen LogP contribution in [0.25, 0.3) is 21.5 Å². The van der Waals surface area contributed by atoms with Gasteiger partial charge in [0.2, 0.25) is 0 Å². The maximum Gasteiger partial charge on any atom is 0.302 e. The third-order valence-electron chi connectivity index (χ3n) is 3.20. The Labute approximate surface area is 121 Å². The number of carbonyl (C=O) groups excluding carboxylic acids is 2. The van der Waals surface area contributed by atoms with Crippen LogP contribution in [0.1, 0.15) is 0 Å². The van der Waals surface area contributed by atoms with Crippen molar-refractivity contribution in [1.82, 2.24) is 0 Å². The van der Waals surface area contributed by atoms with Gasteiger partial charge in [-0.15, -0.1) is 0 Å². The average molecular weight is 281 g/mol. The molecule has 0 fully saturated rings. The van der Waals surface area contributed by atoms with Crippen molar-refractivity contribution in [1.29, 1.82) is 0 Å². The summed E-state index contributed by atoms with van der Waals surface area (Å²) in [6, 6.07) is 17.7. The van der Waals surface area contributed by atoms with Crippen molar-refractivity contribution in [2.45, 2.75) is 0 Å². The maximum atomic E-state index is 11.4. The van der Waals surface area contributed by atoms with E-state index in [0.29, 0.717) is 5.69 Å². The molecule has 0 saturated carbocycles. The van der Waals surface area contributed by atoms with Crippen LogP contribution in [0.15, 0.2) is 54.6 Å². The molecule has 1 amide bonds. The molecule has 0 aliphatic rings. The second-order valence-electron chi connectivity index (χ2n) is 4.48. The summed E-state index contributed by atoms with van der Waals surface area (Å²) in [5.41, 5.74) is 0.584. The van der Waals surface area contributed by atoms with Crippen LogP contribution >= 0.6 is 12.6 Å². The lowest BCUT2D eigenvalue weighted by molar-refractivity contribution is -0.129. The third kappa shape index (κ3) is 2.26. The lowest BCUT2D eigenvalue weighted by atomic mass is 10.0. The summed E-state index contributed by atoms with van der Waals surface area (Å²) in [5, 5.41) is 6.09. The number of anilines is 1. The molecule has 0 aliphatic heterocycles. The van der Waals surface area contributed by atoms with Gasteiger partial charge in [-0.3, -0.25) is 9.59 Å². The zero-order chi connectivity index (χ0) is 14.1. The van der Waals surface area contributed by atoms with E-state index < -0.39 is 11.0 Å². The summed E-state index contributed by atoms with van der Waals surface area (Å²) < 4.78 is 0. The van der Waals surface area contributed by atoms with Crippen molar-refractivity contribution in [2.75, 3.05) is 5.32 Å². The minimum Gasteiger partial charge on any atom is -0.319 e. The molecule has 0 heterocycles. The Hall–Kier alpha value is -2.33. The molecule has 3 aromatic carbocycles. The Balaban J connectivity index is 2.16. The van der Waals surface area contributed by atoms with Crippen molar-refractivity contribution in [3.05, 3.63) is 54.6 Å². The summed E-state index contributed by atoms with van der Waals surface area (Å²) in [5.74, 6) is -0.729. The normalized spacial score (nSPS) is 10.7. The fourth-order valence-electron chi connectivity index (χ4n) is 2.26. The summed E-state index contributed by atoms with van der Waals surface area (Å²) in [6.07, 6.45) is 0. The standard InChI is InChI=1S/C16H11NO2S/c18-15(16(19)20)17-12-8-7-11-6-5-10-3-1-2-4-13(10)14(11)9-12/h1-9H,(H,17,18)(H,19,20). The number of amides is 1. The van der Waals surface area contributed by atoms with E-state index in [-0.39, 0.29) is 0 Å². The van der Waals surface area contributed by atoms with Gasteiger partial charge < -0.3 is 5.32 Å². The first-order valence-electron chi connectivity index (χ1n) is 6.11. The topological polar surface area (TPSA) is 46.2 Å². The van der Waals surface area contributed by atoms with Crippen molar-refractivity contribution in [3.8, 4) is 0 Å². The largest absolute Gasteiger partial charge is 0.319 e. The zero-order valence-corrected chi connectivity index (χ0v) is 11.4. The van der Waals surface area contributed by atoms with Crippen molar-refractivity contribution < 1.29 is 9.59 Å². The van der Waals surface area contributed by atoms with E-state index in [4.69, 9.17) is 0 Å². The lowest BCUT2D eigenvalue weighted by Crippen LogP contribution is -2.17. The maximum absolute atomic E-state index is 11.4. The molecular weight excluding hydrogens is 270 g/mol. The van der Waals surface area contributed by atoms with Crippen LogP contribution in [0.2, 0.25) is 0 Å². The minimum absolute atomic E-state index is 0.584. The van der Waals surface area contributed by atoms with Crippen molar-refractivity contribution >= 4 is 50.9 Å². The fraction of sp³-hybridized carbons (Fsp3) is 0. The molecule has 3 nitrogen and oxygen atoms in total. The first kappa shape index (κ1) is 12.7. The Bertz CT molecular complexity index is 842. The average Bonchev–Trinajstić information content (AvgIpc) is 2.47. The second kappa shape index (κ2) is 4.98. The summed E-state index contributed by atoms with van der Waals surface area (Å²) in [6.45, 7) is 0. The predicted molar refractivity (Wildman–Crippen MR) is 84.1 cm³/mol. The molecule has 0 saturated heterocycles. The van der Waals surface area contributed by atoms with E-state index in [1.165, 1.54) is 0 Å². The second-order valence-corrected chi connectivity index (χ2v) is 4.89. The Morgan fingerprint density at radius 1 is 0.850 bits per heavy atom. The summed E-state index contributed by atoms with van der Waals surface area (Å²) in [4.78, 5) is 22.3. The molecule has 0 atom stereocenters. The monoisotopic (exact) mass is 281 g/mol. The fourth-order valence-corrected chi connectivity index (χ4v) is 2.32. The third-order valence-corrected chi connectivity index (χ3v) is 3.40. The molecule has 3 rings (SSSR count). The number of nitrogens with one attached hydrogen (secondary N) is 1. The highest BCUT2D eigenvalue weighted by molar-refractivity contribution is 7.98. The van der Waals surface area contributed by atoms with Crippen LogP contribution in [0.5, 0.6) is 0 Å². The van der Waals surface area contributed by atoms with E-state index in [1.807, 2.05) is 42.5 Å². The minimum atomic E-state index is -0.803. The van der Waals surface area contributed by atoms with Gasteiger partial charge in [0.05, 0.1) is 0 Å². The van der Waals surface area contributed by atoms with E-state index >= 15 is 0 Å². The molecule has 0 aliphatic carbocycles. The van der Waals surface area contributed by atoms with Crippen LogP contribution in [0, 0.1) is 0 Å². The number of hydrogen-bond acceptors (Lipinski definition) is 2. The van der Waals surface area contributed by atoms with E-state index in [9.17, 15) is 9.59 Å². The van der Waals surface area contributed by atoms with Gasteiger partial charge in [-0.25, -0.2) is 0 Å². The van der Waals surface area contributed by atoms with E-state index in [1.54, 1.807) is 6.07 Å². The molecule has 0 radical (unpaired) electrons. The molecule has 0 unspecified atom stereocenters. The number of rotatable bonds is 2. The zero-order valence-electron chi connectivity index (χ0n) is 10.5. The molecule has 0 spiro atoms. The van der Waals surface area contributed by atoms with Gasteiger partial charge in [-0.05, 0) is 33.7 Å². The van der Waals surface area contributed by atoms with Gasteiger partial charge in [0.25, 0.3) is 5.12 Å². The molecule has 98 valence electrons. The first-order chi connectivity index (χ1) is 9.65. The Morgan fingerprint density at radius 2 is 1.50 bits per heavy atom. The lowest BCUT2D eigenvalue weighted by Gasteiger charge is -2.07. The Kier molecular flexibility index (Phi) is 3.16. The van der Waals surface area contributed by atoms with Gasteiger partial charge in [-0.1, -0.05) is 55.1 Å². The number of carbonyl (C=O) groups is 2. The van der Waals surface area contributed by atoms with Gasteiger partial charge in [0.15, 0.2) is 0 Å². The van der Waals surface area contributed by atoms with E-state index in [0.717, 1.165) is 21.5 Å². The molecule has 4 heteroatoms. The van der Waals surface area contributed by atoms with Gasteiger partial charge in [0, 0.05) is 5.69 Å². The van der Waals surface area contributed by atoms with Gasteiger partial charge in [0.1, 0.15) is 0 Å². The Morgan fingerprint density at radius 3 is 2.25 bits per heavy atom. The smallest absolute Gasteiger partial charge is 0.302 e. The SMILES string of the molecule is O=C(S)C(=O)Nc1ccc2ccc3ccccc3c2c1. The number of benzene rings is 3. The number of fused-ring (bicyclic) bond motifs is 3. The van der Waals surface area contributed by atoms with Crippen molar-refractivity contribution in [3.63, 3.8) is 0 Å². The van der Waals surface area contributed by atoms with Crippen LogP contribution in [-0.2, 0) is 9.59 Å². The van der Waals surface area contributed by atoms with Crippen LogP contribution < -0.4 is 5.32 Å². The summed E-state index contributed by atoms with van der Waals surface area (Å²) in [7, 11) is 0.